The van der Waals surface area contributed by atoms with Crippen molar-refractivity contribution in [2.45, 2.75) is 13.5 Å². The number of carbonyl (C=O) groups excluding carboxylic acids is 1. The largest absolute Gasteiger partial charge is 0.399 e. The Hall–Kier alpha value is -3.52. The molecular formula is C21H17FN4O2S. The predicted molar refractivity (Wildman–Crippen MR) is 113 cm³/mol. The Labute approximate surface area is 169 Å². The summed E-state index contributed by atoms with van der Waals surface area (Å²) in [5.74, 6) is -0.790. The van der Waals surface area contributed by atoms with Crippen LogP contribution in [0.2, 0.25) is 0 Å². The zero-order valence-electron chi connectivity index (χ0n) is 15.5. The second kappa shape index (κ2) is 7.48. The van der Waals surface area contributed by atoms with Crippen molar-refractivity contribution < 1.29 is 9.18 Å². The highest BCUT2D eigenvalue weighted by atomic mass is 32.1. The zero-order chi connectivity index (χ0) is 20.5. The molecule has 2 aromatic carbocycles. The van der Waals surface area contributed by atoms with E-state index < -0.39 is 11.4 Å². The number of carbonyl (C=O) groups is 1. The normalized spacial score (nSPS) is 11.0. The fourth-order valence-electron chi connectivity index (χ4n) is 3.22. The number of nitrogens with two attached hydrogens (primary N) is 1. The van der Waals surface area contributed by atoms with E-state index in [1.807, 2.05) is 0 Å². The van der Waals surface area contributed by atoms with Crippen LogP contribution in [-0.2, 0) is 6.54 Å². The number of nitrogens with zero attached hydrogens (tertiary/aromatic N) is 2. The minimum Gasteiger partial charge on any atom is -0.399 e. The Morgan fingerprint density at radius 3 is 2.76 bits per heavy atom. The van der Waals surface area contributed by atoms with E-state index >= 15 is 0 Å². The molecule has 0 spiro atoms. The summed E-state index contributed by atoms with van der Waals surface area (Å²) in [6.07, 6.45) is 0. The number of hydrogen-bond donors (Lipinski definition) is 2. The van der Waals surface area contributed by atoms with Gasteiger partial charge in [0.2, 0.25) is 5.56 Å². The number of hydrogen-bond acceptors (Lipinski definition) is 5. The number of halogens is 1. The minimum absolute atomic E-state index is 0.0729. The Balaban J connectivity index is 1.86. The number of nitrogen functional groups attached to an aromatic ring is 1. The van der Waals surface area contributed by atoms with Gasteiger partial charge in [-0.2, -0.15) is 0 Å². The zero-order valence-corrected chi connectivity index (χ0v) is 16.3. The molecule has 0 fully saturated rings. The predicted octanol–water partition coefficient (Wildman–Crippen LogP) is 3.86. The van der Waals surface area contributed by atoms with Crippen LogP contribution in [0.25, 0.3) is 10.9 Å². The van der Waals surface area contributed by atoms with Crippen LogP contribution in [0.3, 0.4) is 0 Å². The highest BCUT2D eigenvalue weighted by molar-refractivity contribution is 7.12. The lowest BCUT2D eigenvalue weighted by molar-refractivity contribution is 0.0988. The number of aryl methyl sites for hydroxylation is 1. The number of thiazole rings is 1. The van der Waals surface area contributed by atoms with Crippen molar-refractivity contribution in [1.82, 2.24) is 9.97 Å². The van der Waals surface area contributed by atoms with Crippen molar-refractivity contribution in [3.05, 3.63) is 86.3 Å². The van der Waals surface area contributed by atoms with Gasteiger partial charge >= 0.3 is 0 Å². The fraction of sp³-hybridized carbons (Fsp3) is 0.0952. The second-order valence-electron chi connectivity index (χ2n) is 6.57. The summed E-state index contributed by atoms with van der Waals surface area (Å²) in [4.78, 5) is 34.2. The number of para-hydroxylation sites is 1. The number of nitrogens with one attached hydrogen (secondary N) is 1. The second-order valence-corrected chi connectivity index (χ2v) is 7.43. The van der Waals surface area contributed by atoms with Gasteiger partial charge in [0.25, 0.3) is 5.91 Å². The number of fused-ring (bicyclic) bond motifs is 1. The van der Waals surface area contributed by atoms with E-state index in [1.165, 1.54) is 28.4 Å². The summed E-state index contributed by atoms with van der Waals surface area (Å²) in [5, 5.41) is 0.535. The number of aromatic amines is 1. The molecule has 0 saturated heterocycles. The number of rotatable bonds is 4. The SMILES string of the molecule is Cc1ncsc1C(=O)N(Cc1cc(=O)[nH]c2c(F)cccc12)c1cccc(N)c1. The molecule has 29 heavy (non-hydrogen) atoms. The molecule has 2 aromatic heterocycles. The molecule has 2 heterocycles. The lowest BCUT2D eigenvalue weighted by Crippen LogP contribution is -2.31. The van der Waals surface area contributed by atoms with Crippen LogP contribution in [0.5, 0.6) is 0 Å². The van der Waals surface area contributed by atoms with Crippen LogP contribution in [0, 0.1) is 12.7 Å². The summed E-state index contributed by atoms with van der Waals surface area (Å²) in [7, 11) is 0. The van der Waals surface area contributed by atoms with E-state index in [9.17, 15) is 14.0 Å². The summed E-state index contributed by atoms with van der Waals surface area (Å²) >= 11 is 1.24. The molecule has 146 valence electrons. The first-order valence-corrected chi connectivity index (χ1v) is 9.70. The molecule has 4 aromatic rings. The molecule has 0 aliphatic carbocycles. The Morgan fingerprint density at radius 2 is 2.03 bits per heavy atom. The molecular weight excluding hydrogens is 391 g/mol. The Kier molecular flexibility index (Phi) is 4.85. The number of pyridine rings is 1. The van der Waals surface area contributed by atoms with Crippen LogP contribution >= 0.6 is 11.3 Å². The van der Waals surface area contributed by atoms with Crippen molar-refractivity contribution in [2.75, 3.05) is 10.6 Å². The smallest absolute Gasteiger partial charge is 0.270 e. The third kappa shape index (κ3) is 3.62. The fourth-order valence-corrected chi connectivity index (χ4v) is 3.97. The van der Waals surface area contributed by atoms with Gasteiger partial charge in [-0.05, 0) is 36.8 Å². The number of H-pyrrole nitrogens is 1. The molecule has 0 unspecified atom stereocenters. The van der Waals surface area contributed by atoms with E-state index in [2.05, 4.69) is 9.97 Å². The third-order valence-corrected chi connectivity index (χ3v) is 5.52. The van der Waals surface area contributed by atoms with E-state index in [0.29, 0.717) is 32.9 Å². The number of benzene rings is 2. The van der Waals surface area contributed by atoms with Gasteiger partial charge < -0.3 is 15.6 Å². The standard InChI is InChI=1S/C21H17FN4O2S/c1-12-20(29-11-24-12)21(28)26(15-5-2-4-14(23)9-15)10-13-8-18(27)25-19-16(13)6-3-7-17(19)22/h2-9,11H,10,23H2,1H3,(H,25,27). The first-order chi connectivity index (χ1) is 13.9. The molecule has 0 aliphatic rings. The van der Waals surface area contributed by atoms with Gasteiger partial charge in [0.15, 0.2) is 0 Å². The Bertz CT molecular complexity index is 1280. The average Bonchev–Trinajstić information content (AvgIpc) is 3.12. The van der Waals surface area contributed by atoms with Crippen LogP contribution < -0.4 is 16.2 Å². The van der Waals surface area contributed by atoms with E-state index in [1.54, 1.807) is 48.8 Å². The van der Waals surface area contributed by atoms with Crippen molar-refractivity contribution >= 4 is 39.5 Å². The molecule has 4 rings (SSSR count). The van der Waals surface area contributed by atoms with Crippen molar-refractivity contribution in [3.8, 4) is 0 Å². The molecule has 3 N–H and O–H groups in total. The van der Waals surface area contributed by atoms with Crippen molar-refractivity contribution in [2.24, 2.45) is 0 Å². The number of anilines is 2. The summed E-state index contributed by atoms with van der Waals surface area (Å²) < 4.78 is 14.2. The van der Waals surface area contributed by atoms with E-state index in [4.69, 9.17) is 5.73 Å². The summed E-state index contributed by atoms with van der Waals surface area (Å²) in [6, 6.07) is 12.9. The summed E-state index contributed by atoms with van der Waals surface area (Å²) in [5.41, 5.74) is 9.44. The number of aromatic nitrogens is 2. The molecule has 0 radical (unpaired) electrons. The molecule has 0 bridgehead atoms. The third-order valence-electron chi connectivity index (χ3n) is 4.61. The van der Waals surface area contributed by atoms with Crippen LogP contribution in [0.1, 0.15) is 20.9 Å². The molecule has 0 saturated carbocycles. The van der Waals surface area contributed by atoms with E-state index in [0.717, 1.165) is 0 Å². The maximum atomic E-state index is 14.2. The number of amides is 1. The molecule has 0 aliphatic heterocycles. The lowest BCUT2D eigenvalue weighted by Gasteiger charge is -2.23. The van der Waals surface area contributed by atoms with Crippen molar-refractivity contribution in [3.63, 3.8) is 0 Å². The highest BCUT2D eigenvalue weighted by Crippen LogP contribution is 2.27. The topological polar surface area (TPSA) is 92.1 Å². The monoisotopic (exact) mass is 408 g/mol. The Morgan fingerprint density at radius 1 is 1.24 bits per heavy atom. The van der Waals surface area contributed by atoms with Gasteiger partial charge in [-0.3, -0.25) is 9.59 Å². The van der Waals surface area contributed by atoms with Crippen LogP contribution in [-0.4, -0.2) is 15.9 Å². The molecule has 6 nitrogen and oxygen atoms in total. The highest BCUT2D eigenvalue weighted by Gasteiger charge is 2.23. The van der Waals surface area contributed by atoms with Gasteiger partial charge in [0, 0.05) is 22.8 Å². The molecule has 1 amide bonds. The van der Waals surface area contributed by atoms with Gasteiger partial charge in [-0.25, -0.2) is 9.37 Å². The average molecular weight is 408 g/mol. The first kappa shape index (κ1) is 18.8. The van der Waals surface area contributed by atoms with Gasteiger partial charge in [-0.1, -0.05) is 18.2 Å². The van der Waals surface area contributed by atoms with Gasteiger partial charge in [-0.15, -0.1) is 11.3 Å². The quantitative estimate of drug-likeness (QED) is 0.502. The van der Waals surface area contributed by atoms with E-state index in [-0.39, 0.29) is 18.0 Å². The molecule has 0 atom stereocenters. The maximum absolute atomic E-state index is 14.2. The lowest BCUT2D eigenvalue weighted by atomic mass is 10.1. The summed E-state index contributed by atoms with van der Waals surface area (Å²) in [6.45, 7) is 1.84. The van der Waals surface area contributed by atoms with Crippen LogP contribution in [0.4, 0.5) is 15.8 Å². The van der Waals surface area contributed by atoms with Crippen LogP contribution in [0.15, 0.2) is 58.8 Å². The molecule has 8 heteroatoms. The maximum Gasteiger partial charge on any atom is 0.270 e. The van der Waals surface area contributed by atoms with Crippen molar-refractivity contribution in [1.29, 1.82) is 0 Å². The van der Waals surface area contributed by atoms with Gasteiger partial charge in [0.05, 0.1) is 23.3 Å². The first-order valence-electron chi connectivity index (χ1n) is 8.82. The van der Waals surface area contributed by atoms with Gasteiger partial charge in [0.1, 0.15) is 10.7 Å². The minimum atomic E-state index is -0.526.